The number of carbonyl (C=O) groups is 1. The largest absolute Gasteiger partial charge is 0.433 e. The minimum Gasteiger partial charge on any atom is -0.382 e. The van der Waals surface area contributed by atoms with Gasteiger partial charge in [-0.05, 0) is 0 Å². The van der Waals surface area contributed by atoms with Crippen LogP contribution in [0.3, 0.4) is 0 Å². The van der Waals surface area contributed by atoms with Gasteiger partial charge in [0.2, 0.25) is 0 Å². The molecule has 12 heteroatoms. The number of aliphatic hydroxyl groups is 1. The molecule has 0 aliphatic rings. The number of hydrogen-bond acceptors (Lipinski definition) is 3. The van der Waals surface area contributed by atoms with Crippen molar-refractivity contribution in [2.24, 2.45) is 7.05 Å². The average Bonchev–Trinajstić information content (AvgIpc) is 2.65. The van der Waals surface area contributed by atoms with Crippen LogP contribution in [-0.4, -0.2) is 39.7 Å². The fourth-order valence-corrected chi connectivity index (χ4v) is 1.26. The van der Waals surface area contributed by atoms with Crippen LogP contribution in [0, 0.1) is 0 Å². The van der Waals surface area contributed by atoms with Crippen LogP contribution in [-0.2, 0) is 13.2 Å². The molecule has 1 aromatic heterocycles. The van der Waals surface area contributed by atoms with Crippen molar-refractivity contribution in [3.8, 4) is 0 Å². The Kier molecular flexibility index (Phi) is 4.71. The summed E-state index contributed by atoms with van der Waals surface area (Å²) in [7, 11) is 0.985. The van der Waals surface area contributed by atoms with Crippen molar-refractivity contribution in [3.63, 3.8) is 0 Å². The quantitative estimate of drug-likeness (QED) is 0.738. The van der Waals surface area contributed by atoms with Gasteiger partial charge in [0.15, 0.2) is 11.9 Å². The number of aliphatic hydroxyl groups excluding tert-OH is 1. The third-order valence-electron chi connectivity index (χ3n) is 2.25. The molecule has 3 N–H and O–H groups in total. The Morgan fingerprint density at radius 3 is 2.38 bits per heavy atom. The third kappa shape index (κ3) is 4.81. The molecule has 0 fully saturated rings. The summed E-state index contributed by atoms with van der Waals surface area (Å²) in [6.07, 6.45) is -12.4. The van der Waals surface area contributed by atoms with E-state index in [0.29, 0.717) is 10.7 Å². The zero-order valence-corrected chi connectivity index (χ0v) is 10.4. The summed E-state index contributed by atoms with van der Waals surface area (Å²) in [5.41, 5.74) is -1.15. The standard InChI is InChI=1S/C9H10F6N4O2/c1-19-4(8(10,11)12)2-6(18-19)17-7(21)16-3-5(20)9(13,14)15/h2,5,20H,3H2,1H3,(H2,16,17,18,21). The summed E-state index contributed by atoms with van der Waals surface area (Å²) >= 11 is 0. The maximum absolute atomic E-state index is 12.4. The first-order valence-electron chi connectivity index (χ1n) is 5.32. The molecular formula is C9H10F6N4O2. The number of halogens is 6. The Bertz CT molecular complexity index is 509. The van der Waals surface area contributed by atoms with Crippen molar-refractivity contribution in [1.82, 2.24) is 15.1 Å². The first-order chi connectivity index (χ1) is 9.41. The van der Waals surface area contributed by atoms with E-state index < -0.39 is 42.5 Å². The molecule has 1 aromatic rings. The number of hydrogen-bond donors (Lipinski definition) is 3. The van der Waals surface area contributed by atoms with Crippen LogP contribution in [0.4, 0.5) is 37.0 Å². The molecule has 1 atom stereocenters. The monoisotopic (exact) mass is 320 g/mol. The maximum Gasteiger partial charge on any atom is 0.433 e. The van der Waals surface area contributed by atoms with E-state index >= 15 is 0 Å². The predicted molar refractivity (Wildman–Crippen MR) is 57.3 cm³/mol. The molecule has 120 valence electrons. The molecule has 0 aromatic carbocycles. The van der Waals surface area contributed by atoms with Crippen molar-refractivity contribution in [2.75, 3.05) is 11.9 Å². The van der Waals surface area contributed by atoms with Gasteiger partial charge in [-0.25, -0.2) is 4.79 Å². The molecule has 0 saturated heterocycles. The summed E-state index contributed by atoms with van der Waals surface area (Å²) in [5.74, 6) is -0.496. The van der Waals surface area contributed by atoms with Crippen LogP contribution in [0.2, 0.25) is 0 Å². The van der Waals surface area contributed by atoms with Crippen LogP contribution < -0.4 is 10.6 Å². The average molecular weight is 320 g/mol. The van der Waals surface area contributed by atoms with Crippen molar-refractivity contribution in [2.45, 2.75) is 18.5 Å². The number of alkyl halides is 6. The van der Waals surface area contributed by atoms with E-state index in [4.69, 9.17) is 5.11 Å². The van der Waals surface area contributed by atoms with E-state index in [1.807, 2.05) is 5.32 Å². The topological polar surface area (TPSA) is 79.2 Å². The minimum absolute atomic E-state index is 0.459. The number of anilines is 1. The van der Waals surface area contributed by atoms with Gasteiger partial charge in [0.25, 0.3) is 0 Å². The second-order valence-electron chi connectivity index (χ2n) is 3.93. The summed E-state index contributed by atoms with van der Waals surface area (Å²) < 4.78 is 73.6. The van der Waals surface area contributed by atoms with Gasteiger partial charge in [0.1, 0.15) is 5.69 Å². The highest BCUT2D eigenvalue weighted by atomic mass is 19.4. The molecule has 0 aliphatic heterocycles. The van der Waals surface area contributed by atoms with E-state index in [2.05, 4.69) is 5.10 Å². The van der Waals surface area contributed by atoms with Gasteiger partial charge in [-0.3, -0.25) is 10.00 Å². The highest BCUT2D eigenvalue weighted by molar-refractivity contribution is 5.88. The summed E-state index contributed by atoms with van der Waals surface area (Å²) in [6.45, 7) is -1.14. The number of urea groups is 1. The summed E-state index contributed by atoms with van der Waals surface area (Å²) in [4.78, 5) is 11.2. The summed E-state index contributed by atoms with van der Waals surface area (Å²) in [5, 5.41) is 15.4. The Labute approximate surface area is 113 Å². The smallest absolute Gasteiger partial charge is 0.382 e. The predicted octanol–water partition coefficient (Wildman–Crippen LogP) is 1.48. The highest BCUT2D eigenvalue weighted by Crippen LogP contribution is 2.30. The lowest BCUT2D eigenvalue weighted by Crippen LogP contribution is -2.42. The fourth-order valence-electron chi connectivity index (χ4n) is 1.26. The lowest BCUT2D eigenvalue weighted by atomic mass is 10.3. The molecule has 0 saturated carbocycles. The Balaban J connectivity index is 2.61. The molecule has 6 nitrogen and oxygen atoms in total. The van der Waals surface area contributed by atoms with Gasteiger partial charge >= 0.3 is 18.4 Å². The van der Waals surface area contributed by atoms with Crippen molar-refractivity contribution >= 4 is 11.8 Å². The molecule has 1 rings (SSSR count). The van der Waals surface area contributed by atoms with Crippen molar-refractivity contribution in [1.29, 1.82) is 0 Å². The van der Waals surface area contributed by atoms with E-state index in [-0.39, 0.29) is 0 Å². The second kappa shape index (κ2) is 5.79. The van der Waals surface area contributed by atoms with Gasteiger partial charge in [-0.2, -0.15) is 31.4 Å². The van der Waals surface area contributed by atoms with Crippen molar-refractivity contribution < 1.29 is 36.2 Å². The lowest BCUT2D eigenvalue weighted by Gasteiger charge is -2.14. The normalized spacial score (nSPS) is 13.9. The van der Waals surface area contributed by atoms with Crippen molar-refractivity contribution in [3.05, 3.63) is 11.8 Å². The first kappa shape index (κ1) is 17.1. The number of amides is 2. The number of rotatable bonds is 3. The second-order valence-corrected chi connectivity index (χ2v) is 3.93. The van der Waals surface area contributed by atoms with Crippen LogP contribution in [0.25, 0.3) is 0 Å². The molecule has 1 heterocycles. The van der Waals surface area contributed by atoms with Crippen LogP contribution >= 0.6 is 0 Å². The highest BCUT2D eigenvalue weighted by Gasteiger charge is 2.38. The Hall–Kier alpha value is -1.98. The number of nitrogens with zero attached hydrogens (tertiary/aromatic N) is 2. The maximum atomic E-state index is 12.4. The Morgan fingerprint density at radius 1 is 1.38 bits per heavy atom. The first-order valence-corrected chi connectivity index (χ1v) is 5.32. The van der Waals surface area contributed by atoms with Gasteiger partial charge in [-0.15, -0.1) is 0 Å². The molecule has 2 amide bonds. The van der Waals surface area contributed by atoms with Gasteiger partial charge in [0, 0.05) is 13.1 Å². The van der Waals surface area contributed by atoms with Gasteiger partial charge in [0.05, 0.1) is 6.54 Å². The molecule has 21 heavy (non-hydrogen) atoms. The van der Waals surface area contributed by atoms with E-state index in [1.165, 1.54) is 0 Å². The van der Waals surface area contributed by atoms with E-state index in [1.54, 1.807) is 5.32 Å². The molecule has 0 radical (unpaired) electrons. The molecular weight excluding hydrogens is 310 g/mol. The molecule has 1 unspecified atom stereocenters. The minimum atomic E-state index is -4.91. The molecule has 0 bridgehead atoms. The number of nitrogens with one attached hydrogen (secondary N) is 2. The zero-order valence-electron chi connectivity index (χ0n) is 10.4. The van der Waals surface area contributed by atoms with Gasteiger partial charge < -0.3 is 10.4 Å². The number of carbonyl (C=O) groups excluding carboxylic acids is 1. The van der Waals surface area contributed by atoms with Gasteiger partial charge in [-0.1, -0.05) is 0 Å². The van der Waals surface area contributed by atoms with Crippen LogP contribution in [0.5, 0.6) is 0 Å². The van der Waals surface area contributed by atoms with E-state index in [9.17, 15) is 31.1 Å². The number of aromatic nitrogens is 2. The Morgan fingerprint density at radius 2 is 1.95 bits per heavy atom. The van der Waals surface area contributed by atoms with E-state index in [0.717, 1.165) is 7.05 Å². The fraction of sp³-hybridized carbons (Fsp3) is 0.556. The lowest BCUT2D eigenvalue weighted by molar-refractivity contribution is -0.201. The third-order valence-corrected chi connectivity index (χ3v) is 2.25. The molecule has 0 spiro atoms. The SMILES string of the molecule is Cn1nc(NC(=O)NCC(O)C(F)(F)F)cc1C(F)(F)F. The van der Waals surface area contributed by atoms with Crippen LogP contribution in [0.1, 0.15) is 5.69 Å². The molecule has 0 aliphatic carbocycles. The number of aryl methyl sites for hydroxylation is 1. The van der Waals surface area contributed by atoms with Crippen LogP contribution in [0.15, 0.2) is 6.07 Å². The zero-order chi connectivity index (χ0) is 16.4. The summed E-state index contributed by atoms with van der Waals surface area (Å²) in [6, 6.07) is -0.718.